The molecule has 0 spiro atoms. The van der Waals surface area contributed by atoms with Crippen LogP contribution in [0.4, 0.5) is 0 Å². The van der Waals surface area contributed by atoms with Gasteiger partial charge in [0.05, 0.1) is 11.9 Å². The van der Waals surface area contributed by atoms with Crippen molar-refractivity contribution >= 4 is 9.84 Å². The van der Waals surface area contributed by atoms with Gasteiger partial charge < -0.3 is 5.11 Å². The SMILES string of the molecule is CCS(=O)(=O)[C@H](CO)C1CCCC1. The van der Waals surface area contributed by atoms with Crippen LogP contribution < -0.4 is 0 Å². The largest absolute Gasteiger partial charge is 0.395 e. The van der Waals surface area contributed by atoms with Gasteiger partial charge in [0.2, 0.25) is 0 Å². The number of hydrogen-bond donors (Lipinski definition) is 1. The van der Waals surface area contributed by atoms with Crippen molar-refractivity contribution in [1.82, 2.24) is 0 Å². The maximum absolute atomic E-state index is 11.6. The summed E-state index contributed by atoms with van der Waals surface area (Å²) in [5.74, 6) is 0.351. The lowest BCUT2D eigenvalue weighted by Gasteiger charge is -2.20. The number of rotatable bonds is 4. The third-order valence-electron chi connectivity index (χ3n) is 2.97. The van der Waals surface area contributed by atoms with Gasteiger partial charge in [-0.3, -0.25) is 0 Å². The Kier molecular flexibility index (Phi) is 3.74. The average Bonchev–Trinajstić information content (AvgIpc) is 2.58. The second-order valence-electron chi connectivity index (χ2n) is 3.72. The number of sulfone groups is 1. The second kappa shape index (κ2) is 4.42. The Labute approximate surface area is 80.1 Å². The molecule has 4 heteroatoms. The van der Waals surface area contributed by atoms with Gasteiger partial charge in [-0.1, -0.05) is 19.8 Å². The average molecular weight is 206 g/mol. The van der Waals surface area contributed by atoms with Crippen molar-refractivity contribution in [3.05, 3.63) is 0 Å². The first-order chi connectivity index (χ1) is 6.11. The molecule has 3 nitrogen and oxygen atoms in total. The Balaban J connectivity index is 2.71. The van der Waals surface area contributed by atoms with Crippen LogP contribution in [0, 0.1) is 5.92 Å². The van der Waals surface area contributed by atoms with Gasteiger partial charge in [0, 0.05) is 5.75 Å². The molecule has 78 valence electrons. The molecule has 1 fully saturated rings. The Bertz CT molecular complexity index is 240. The summed E-state index contributed by atoms with van der Waals surface area (Å²) in [6.45, 7) is 1.44. The Morgan fingerprint density at radius 1 is 1.38 bits per heavy atom. The highest BCUT2D eigenvalue weighted by molar-refractivity contribution is 7.92. The van der Waals surface area contributed by atoms with Crippen LogP contribution in [0.25, 0.3) is 0 Å². The summed E-state index contributed by atoms with van der Waals surface area (Å²) in [7, 11) is -3.04. The molecule has 0 aliphatic heterocycles. The molecular weight excluding hydrogens is 188 g/mol. The van der Waals surface area contributed by atoms with Gasteiger partial charge in [-0.15, -0.1) is 0 Å². The summed E-state index contributed by atoms with van der Waals surface area (Å²) < 4.78 is 23.1. The van der Waals surface area contributed by atoms with E-state index in [0.717, 1.165) is 25.7 Å². The van der Waals surface area contributed by atoms with Crippen molar-refractivity contribution in [1.29, 1.82) is 0 Å². The van der Waals surface area contributed by atoms with E-state index in [1.807, 2.05) is 0 Å². The molecule has 0 bridgehead atoms. The van der Waals surface area contributed by atoms with Crippen LogP contribution in [0.5, 0.6) is 0 Å². The van der Waals surface area contributed by atoms with Gasteiger partial charge in [0.25, 0.3) is 0 Å². The Morgan fingerprint density at radius 3 is 2.31 bits per heavy atom. The zero-order chi connectivity index (χ0) is 9.90. The maximum atomic E-state index is 11.6. The predicted octanol–water partition coefficient (Wildman–Crippen LogP) is 0.972. The van der Waals surface area contributed by atoms with Crippen molar-refractivity contribution in [3.63, 3.8) is 0 Å². The quantitative estimate of drug-likeness (QED) is 0.745. The third-order valence-corrected chi connectivity index (χ3v) is 5.23. The smallest absolute Gasteiger partial charge is 0.155 e. The van der Waals surface area contributed by atoms with E-state index in [-0.39, 0.29) is 18.3 Å². The fraction of sp³-hybridized carbons (Fsp3) is 1.00. The van der Waals surface area contributed by atoms with Crippen molar-refractivity contribution in [3.8, 4) is 0 Å². The molecule has 0 aromatic heterocycles. The molecule has 1 N–H and O–H groups in total. The molecule has 0 saturated heterocycles. The summed E-state index contributed by atoms with van der Waals surface area (Å²) in [5, 5.41) is 8.57. The second-order valence-corrected chi connectivity index (χ2v) is 6.23. The minimum absolute atomic E-state index is 0.148. The van der Waals surface area contributed by atoms with Crippen molar-refractivity contribution < 1.29 is 13.5 Å². The molecule has 1 aliphatic rings. The van der Waals surface area contributed by atoms with Gasteiger partial charge in [0.15, 0.2) is 9.84 Å². The zero-order valence-electron chi connectivity index (χ0n) is 8.07. The summed E-state index contributed by atoms with van der Waals surface area (Å²) in [6.07, 6.45) is 4.15. The minimum atomic E-state index is -3.04. The summed E-state index contributed by atoms with van der Waals surface area (Å²) >= 11 is 0. The molecule has 13 heavy (non-hydrogen) atoms. The van der Waals surface area contributed by atoms with E-state index in [0.29, 0.717) is 0 Å². The standard InChI is InChI=1S/C9H18O3S/c1-2-13(11,12)9(7-10)8-5-3-4-6-8/h8-10H,2-7H2,1H3/t9-/m1/s1. The van der Waals surface area contributed by atoms with Gasteiger partial charge in [-0.05, 0) is 18.8 Å². The van der Waals surface area contributed by atoms with E-state index in [9.17, 15) is 8.42 Å². The normalized spacial score (nSPS) is 22.0. The van der Waals surface area contributed by atoms with Gasteiger partial charge in [0.1, 0.15) is 0 Å². The third kappa shape index (κ3) is 2.44. The number of aliphatic hydroxyl groups is 1. The first kappa shape index (κ1) is 11.0. The zero-order valence-corrected chi connectivity index (χ0v) is 8.89. The highest BCUT2D eigenvalue weighted by Crippen LogP contribution is 2.31. The lowest BCUT2D eigenvalue weighted by Crippen LogP contribution is -2.33. The molecule has 0 aromatic carbocycles. The monoisotopic (exact) mass is 206 g/mol. The summed E-state index contributed by atoms with van der Waals surface area (Å²) in [5.41, 5.74) is 0. The van der Waals surface area contributed by atoms with Crippen LogP contribution in [-0.4, -0.2) is 31.1 Å². The van der Waals surface area contributed by atoms with E-state index in [1.54, 1.807) is 6.92 Å². The molecule has 1 rings (SSSR count). The van der Waals surface area contributed by atoms with Gasteiger partial charge in [-0.2, -0.15) is 0 Å². The van der Waals surface area contributed by atoms with Crippen LogP contribution in [0.1, 0.15) is 32.6 Å². The molecule has 0 amide bonds. The summed E-state index contributed by atoms with van der Waals surface area (Å²) in [6, 6.07) is 0. The van der Waals surface area contributed by atoms with Gasteiger partial charge in [-0.25, -0.2) is 8.42 Å². The molecule has 0 aromatic rings. The van der Waals surface area contributed by atoms with E-state index >= 15 is 0 Å². The minimum Gasteiger partial charge on any atom is -0.395 e. The highest BCUT2D eigenvalue weighted by atomic mass is 32.2. The van der Waals surface area contributed by atoms with Gasteiger partial charge >= 0.3 is 0 Å². The van der Waals surface area contributed by atoms with E-state index in [2.05, 4.69) is 0 Å². The van der Waals surface area contributed by atoms with Crippen LogP contribution in [0.2, 0.25) is 0 Å². The topological polar surface area (TPSA) is 54.4 Å². The van der Waals surface area contributed by atoms with Crippen molar-refractivity contribution in [2.45, 2.75) is 37.9 Å². The number of aliphatic hydroxyl groups excluding tert-OH is 1. The number of hydrogen-bond acceptors (Lipinski definition) is 3. The molecule has 1 atom stereocenters. The van der Waals surface area contributed by atoms with Crippen molar-refractivity contribution in [2.24, 2.45) is 5.92 Å². The van der Waals surface area contributed by atoms with Crippen LogP contribution in [0.15, 0.2) is 0 Å². The first-order valence-corrected chi connectivity index (χ1v) is 6.65. The molecular formula is C9H18O3S. The van der Waals surface area contributed by atoms with Crippen LogP contribution in [-0.2, 0) is 9.84 Å². The fourth-order valence-electron chi connectivity index (χ4n) is 2.10. The fourth-order valence-corrected chi connectivity index (χ4v) is 3.61. The van der Waals surface area contributed by atoms with E-state index in [4.69, 9.17) is 5.11 Å². The Morgan fingerprint density at radius 2 is 1.92 bits per heavy atom. The summed E-state index contributed by atoms with van der Waals surface area (Å²) in [4.78, 5) is 0. The molecule has 1 saturated carbocycles. The molecule has 0 radical (unpaired) electrons. The van der Waals surface area contributed by atoms with E-state index in [1.165, 1.54) is 0 Å². The molecule has 1 aliphatic carbocycles. The first-order valence-electron chi connectivity index (χ1n) is 4.94. The molecule has 0 heterocycles. The lowest BCUT2D eigenvalue weighted by molar-refractivity contribution is 0.260. The van der Waals surface area contributed by atoms with Crippen molar-refractivity contribution in [2.75, 3.05) is 12.4 Å². The highest BCUT2D eigenvalue weighted by Gasteiger charge is 2.33. The van der Waals surface area contributed by atoms with Crippen LogP contribution in [0.3, 0.4) is 0 Å². The van der Waals surface area contributed by atoms with E-state index < -0.39 is 15.1 Å². The lowest BCUT2D eigenvalue weighted by atomic mass is 10.0. The molecule has 0 unspecified atom stereocenters. The predicted molar refractivity (Wildman–Crippen MR) is 52.3 cm³/mol. The maximum Gasteiger partial charge on any atom is 0.155 e. The Hall–Kier alpha value is -0.0900. The van der Waals surface area contributed by atoms with Crippen LogP contribution >= 0.6 is 0 Å².